The van der Waals surface area contributed by atoms with Crippen molar-refractivity contribution in [2.45, 2.75) is 25.4 Å². The minimum Gasteiger partial charge on any atom is -0.338 e. The largest absolute Gasteiger partial charge is 0.338 e. The van der Waals surface area contributed by atoms with Gasteiger partial charge in [-0.25, -0.2) is 0 Å². The molecule has 0 atom stereocenters. The number of aryl methyl sites for hydroxylation is 2. The molecule has 0 N–H and O–H groups in total. The fourth-order valence-electron chi connectivity index (χ4n) is 2.61. The third-order valence-electron chi connectivity index (χ3n) is 4.08. The molecule has 0 radical (unpaired) electrons. The Morgan fingerprint density at radius 2 is 1.41 bits per heavy atom. The Hall–Kier alpha value is -2.93. The van der Waals surface area contributed by atoms with E-state index in [1.807, 2.05) is 62.4 Å². The molecule has 4 rings (SSSR count). The smallest absolute Gasteiger partial charge is 0.236 e. The zero-order valence-corrected chi connectivity index (χ0v) is 15.9. The summed E-state index contributed by atoms with van der Waals surface area (Å²) in [5.74, 6) is 3.54. The highest BCUT2D eigenvalue weighted by molar-refractivity contribution is 7.97. The van der Waals surface area contributed by atoms with Crippen molar-refractivity contribution in [3.05, 3.63) is 71.4 Å². The van der Waals surface area contributed by atoms with Gasteiger partial charge in [-0.15, -0.1) is 11.8 Å². The first kappa shape index (κ1) is 17.5. The van der Waals surface area contributed by atoms with E-state index in [0.717, 1.165) is 16.7 Å². The van der Waals surface area contributed by atoms with E-state index in [-0.39, 0.29) is 0 Å². The summed E-state index contributed by atoms with van der Waals surface area (Å²) in [7, 11) is 0. The monoisotopic (exact) mass is 378 g/mol. The van der Waals surface area contributed by atoms with Crippen LogP contribution in [0.4, 0.5) is 0 Å². The molecule has 27 heavy (non-hydrogen) atoms. The lowest BCUT2D eigenvalue weighted by molar-refractivity contribution is 0.389. The van der Waals surface area contributed by atoms with Crippen molar-refractivity contribution >= 4 is 11.8 Å². The van der Waals surface area contributed by atoms with Gasteiger partial charge >= 0.3 is 0 Å². The summed E-state index contributed by atoms with van der Waals surface area (Å²) in [6.45, 7) is 4.07. The number of hydrogen-bond acceptors (Lipinski definition) is 7. The molecule has 0 aliphatic heterocycles. The van der Waals surface area contributed by atoms with Gasteiger partial charge in [0.15, 0.2) is 0 Å². The first-order chi connectivity index (χ1) is 13.2. The number of thioether (sulfide) groups is 1. The van der Waals surface area contributed by atoms with Crippen molar-refractivity contribution in [3.63, 3.8) is 0 Å². The summed E-state index contributed by atoms with van der Waals surface area (Å²) >= 11 is 1.59. The Kier molecular flexibility index (Phi) is 5.02. The fraction of sp³-hybridized carbons (Fsp3) is 0.200. The predicted octanol–water partition coefficient (Wildman–Crippen LogP) is 4.84. The molecule has 7 heteroatoms. The maximum atomic E-state index is 5.35. The first-order valence-corrected chi connectivity index (χ1v) is 9.70. The van der Waals surface area contributed by atoms with E-state index in [9.17, 15) is 0 Å². The van der Waals surface area contributed by atoms with Crippen LogP contribution in [-0.2, 0) is 11.5 Å². The topological polar surface area (TPSA) is 77.8 Å². The first-order valence-electron chi connectivity index (χ1n) is 8.55. The number of benzene rings is 2. The summed E-state index contributed by atoms with van der Waals surface area (Å²) in [5, 5.41) is 8.12. The molecular weight excluding hydrogens is 360 g/mol. The quantitative estimate of drug-likeness (QED) is 0.475. The highest BCUT2D eigenvalue weighted by atomic mass is 32.2. The molecule has 2 heterocycles. The van der Waals surface area contributed by atoms with Crippen molar-refractivity contribution in [1.82, 2.24) is 20.3 Å². The molecule has 136 valence electrons. The SMILES string of the molecule is Cc1ccc(-c2noc(CSCc3nc(-c4ccccc4C)no3)n2)cc1. The van der Waals surface area contributed by atoms with Crippen molar-refractivity contribution in [2.24, 2.45) is 0 Å². The Morgan fingerprint density at radius 1 is 0.778 bits per heavy atom. The molecule has 0 saturated heterocycles. The van der Waals surface area contributed by atoms with Crippen LogP contribution in [0.25, 0.3) is 22.8 Å². The van der Waals surface area contributed by atoms with Crippen molar-refractivity contribution < 1.29 is 9.05 Å². The molecule has 0 spiro atoms. The normalized spacial score (nSPS) is 11.0. The van der Waals surface area contributed by atoms with Crippen LogP contribution in [0.15, 0.2) is 57.6 Å². The third-order valence-corrected chi connectivity index (χ3v) is 4.99. The zero-order valence-electron chi connectivity index (χ0n) is 15.0. The van der Waals surface area contributed by atoms with Gasteiger partial charge < -0.3 is 9.05 Å². The second kappa shape index (κ2) is 7.75. The molecule has 0 bridgehead atoms. The lowest BCUT2D eigenvalue weighted by Gasteiger charge is -1.98. The van der Waals surface area contributed by atoms with Crippen LogP contribution in [0.5, 0.6) is 0 Å². The molecule has 2 aromatic carbocycles. The van der Waals surface area contributed by atoms with Crippen LogP contribution < -0.4 is 0 Å². The molecule has 0 fully saturated rings. The Bertz CT molecular complexity index is 1040. The average molecular weight is 378 g/mol. The van der Waals surface area contributed by atoms with Gasteiger partial charge in [-0.05, 0) is 19.4 Å². The van der Waals surface area contributed by atoms with Crippen LogP contribution in [0.1, 0.15) is 22.9 Å². The second-order valence-corrected chi connectivity index (χ2v) is 7.18. The molecule has 0 saturated carbocycles. The van der Waals surface area contributed by atoms with Crippen LogP contribution >= 0.6 is 11.8 Å². The lowest BCUT2D eigenvalue weighted by atomic mass is 10.1. The summed E-state index contributed by atoms with van der Waals surface area (Å²) < 4.78 is 10.7. The van der Waals surface area contributed by atoms with Gasteiger partial charge in [-0.3, -0.25) is 0 Å². The summed E-state index contributed by atoms with van der Waals surface area (Å²) in [6, 6.07) is 16.0. The van der Waals surface area contributed by atoms with E-state index in [2.05, 4.69) is 20.3 Å². The van der Waals surface area contributed by atoms with Gasteiger partial charge in [0.25, 0.3) is 0 Å². The van der Waals surface area contributed by atoms with Gasteiger partial charge in [0, 0.05) is 11.1 Å². The number of nitrogens with zero attached hydrogens (tertiary/aromatic N) is 4. The van der Waals surface area contributed by atoms with Crippen LogP contribution in [0.2, 0.25) is 0 Å². The number of rotatable bonds is 6. The molecule has 0 unspecified atom stereocenters. The predicted molar refractivity (Wildman–Crippen MR) is 104 cm³/mol. The van der Waals surface area contributed by atoms with E-state index >= 15 is 0 Å². The maximum absolute atomic E-state index is 5.35. The molecule has 0 amide bonds. The second-order valence-electron chi connectivity index (χ2n) is 6.20. The fourth-order valence-corrected chi connectivity index (χ4v) is 3.29. The summed E-state index contributed by atoms with van der Waals surface area (Å²) in [6.07, 6.45) is 0. The lowest BCUT2D eigenvalue weighted by Crippen LogP contribution is -1.87. The summed E-state index contributed by atoms with van der Waals surface area (Å²) in [5.41, 5.74) is 4.24. The minimum atomic E-state index is 0.578. The Balaban J connectivity index is 1.35. The van der Waals surface area contributed by atoms with E-state index < -0.39 is 0 Å². The van der Waals surface area contributed by atoms with Crippen molar-refractivity contribution in [1.29, 1.82) is 0 Å². The highest BCUT2D eigenvalue weighted by Gasteiger charge is 2.12. The van der Waals surface area contributed by atoms with Crippen molar-refractivity contribution in [2.75, 3.05) is 0 Å². The maximum Gasteiger partial charge on any atom is 0.236 e. The van der Waals surface area contributed by atoms with E-state index in [4.69, 9.17) is 9.05 Å². The van der Waals surface area contributed by atoms with Crippen molar-refractivity contribution in [3.8, 4) is 22.8 Å². The standard InChI is InChI=1S/C20H18N4O2S/c1-13-7-9-15(10-8-13)19-21-17(25-23-19)11-27-12-18-22-20(24-26-18)16-6-4-3-5-14(16)2/h3-10H,11-12H2,1-2H3. The van der Waals surface area contributed by atoms with Gasteiger partial charge in [-0.1, -0.05) is 64.4 Å². The van der Waals surface area contributed by atoms with Gasteiger partial charge in [0.1, 0.15) is 0 Å². The van der Waals surface area contributed by atoms with Crippen LogP contribution in [-0.4, -0.2) is 20.3 Å². The summed E-state index contributed by atoms with van der Waals surface area (Å²) in [4.78, 5) is 8.91. The molecule has 4 aromatic rings. The van der Waals surface area contributed by atoms with E-state index in [0.29, 0.717) is 34.9 Å². The number of aromatic nitrogens is 4. The van der Waals surface area contributed by atoms with Gasteiger partial charge in [-0.2, -0.15) is 9.97 Å². The van der Waals surface area contributed by atoms with Crippen LogP contribution in [0.3, 0.4) is 0 Å². The van der Waals surface area contributed by atoms with E-state index in [1.54, 1.807) is 11.8 Å². The third kappa shape index (κ3) is 4.09. The van der Waals surface area contributed by atoms with E-state index in [1.165, 1.54) is 5.56 Å². The van der Waals surface area contributed by atoms with Crippen LogP contribution in [0, 0.1) is 13.8 Å². The Labute approximate surface area is 161 Å². The van der Waals surface area contributed by atoms with Gasteiger partial charge in [0.05, 0.1) is 11.5 Å². The molecule has 2 aromatic heterocycles. The molecule has 6 nitrogen and oxygen atoms in total. The molecule has 0 aliphatic rings. The number of hydrogen-bond donors (Lipinski definition) is 0. The van der Waals surface area contributed by atoms with Gasteiger partial charge in [0.2, 0.25) is 23.4 Å². The minimum absolute atomic E-state index is 0.578. The molecule has 0 aliphatic carbocycles. The average Bonchev–Trinajstić information content (AvgIpc) is 3.33. The Morgan fingerprint density at radius 3 is 2.11 bits per heavy atom. The molecular formula is C20H18N4O2S. The zero-order chi connectivity index (χ0) is 18.6. The highest BCUT2D eigenvalue weighted by Crippen LogP contribution is 2.23.